The number of halogens is 1. The van der Waals surface area contributed by atoms with Crippen molar-refractivity contribution in [2.24, 2.45) is 0 Å². The lowest BCUT2D eigenvalue weighted by atomic mass is 10.2. The van der Waals surface area contributed by atoms with E-state index in [1.54, 1.807) is 37.3 Å². The molecule has 0 unspecified atom stereocenters. The third-order valence-electron chi connectivity index (χ3n) is 3.81. The number of hydrogen-bond donors (Lipinski definition) is 2. The molecule has 0 saturated carbocycles. The quantitative estimate of drug-likeness (QED) is 0.672. The number of hydrogen-bond acceptors (Lipinski definition) is 6. The summed E-state index contributed by atoms with van der Waals surface area (Å²) in [6, 6.07) is 12.5. The van der Waals surface area contributed by atoms with Gasteiger partial charge in [-0.1, -0.05) is 6.07 Å². The second kappa shape index (κ2) is 8.34. The Bertz CT molecular complexity index is 1010. The average molecular weight is 382 g/mol. The molecule has 3 aromatic rings. The van der Waals surface area contributed by atoms with Gasteiger partial charge in [0, 0.05) is 23.5 Å². The summed E-state index contributed by atoms with van der Waals surface area (Å²) in [6.07, 6.45) is 0. The van der Waals surface area contributed by atoms with Crippen LogP contribution >= 0.6 is 0 Å². The van der Waals surface area contributed by atoms with Crippen LogP contribution in [0, 0.1) is 12.7 Å². The van der Waals surface area contributed by atoms with Crippen molar-refractivity contribution in [1.29, 1.82) is 0 Å². The minimum absolute atomic E-state index is 0.168. The van der Waals surface area contributed by atoms with Crippen molar-refractivity contribution in [3.63, 3.8) is 0 Å². The van der Waals surface area contributed by atoms with E-state index in [4.69, 9.17) is 9.47 Å². The molecule has 2 aromatic carbocycles. The number of nitrogens with zero attached hydrogens (tertiary/aromatic N) is 2. The topological polar surface area (TPSA) is 85.4 Å². The third kappa shape index (κ3) is 4.53. The van der Waals surface area contributed by atoms with Gasteiger partial charge in [0.25, 0.3) is 5.91 Å². The third-order valence-corrected chi connectivity index (χ3v) is 3.81. The molecule has 0 radical (unpaired) electrons. The molecule has 7 nitrogen and oxygen atoms in total. The second-order valence-corrected chi connectivity index (χ2v) is 5.84. The Hall–Kier alpha value is -3.68. The number of amides is 1. The highest BCUT2D eigenvalue weighted by Crippen LogP contribution is 2.30. The van der Waals surface area contributed by atoms with Crippen molar-refractivity contribution in [3.05, 3.63) is 65.9 Å². The van der Waals surface area contributed by atoms with Crippen LogP contribution in [0.25, 0.3) is 0 Å². The van der Waals surface area contributed by atoms with E-state index in [0.717, 1.165) is 0 Å². The van der Waals surface area contributed by atoms with E-state index in [9.17, 15) is 9.18 Å². The predicted molar refractivity (Wildman–Crippen MR) is 104 cm³/mol. The van der Waals surface area contributed by atoms with Crippen LogP contribution in [0.3, 0.4) is 0 Å². The van der Waals surface area contributed by atoms with Crippen LogP contribution < -0.4 is 20.1 Å². The number of aryl methyl sites for hydroxylation is 1. The van der Waals surface area contributed by atoms with Crippen molar-refractivity contribution >= 4 is 23.1 Å². The molecule has 2 N–H and O–H groups in total. The zero-order valence-corrected chi connectivity index (χ0v) is 15.6. The first-order chi connectivity index (χ1) is 13.5. The van der Waals surface area contributed by atoms with Gasteiger partial charge in [-0.25, -0.2) is 14.4 Å². The van der Waals surface area contributed by atoms with E-state index < -0.39 is 5.91 Å². The molecule has 0 spiro atoms. The maximum absolute atomic E-state index is 13.4. The highest BCUT2D eigenvalue weighted by Gasteiger charge is 2.13. The van der Waals surface area contributed by atoms with E-state index in [1.807, 2.05) is 0 Å². The molecular formula is C20H19FN4O3. The molecule has 28 heavy (non-hydrogen) atoms. The van der Waals surface area contributed by atoms with Gasteiger partial charge in [-0.15, -0.1) is 0 Å². The average Bonchev–Trinajstić information content (AvgIpc) is 2.67. The van der Waals surface area contributed by atoms with Crippen molar-refractivity contribution in [2.75, 3.05) is 24.9 Å². The van der Waals surface area contributed by atoms with Gasteiger partial charge in [0.05, 0.1) is 14.2 Å². The lowest BCUT2D eigenvalue weighted by Gasteiger charge is -2.11. The molecule has 8 heteroatoms. The van der Waals surface area contributed by atoms with E-state index in [1.165, 1.54) is 32.4 Å². The van der Waals surface area contributed by atoms with Crippen LogP contribution in [0.15, 0.2) is 48.5 Å². The van der Waals surface area contributed by atoms with Crippen molar-refractivity contribution in [1.82, 2.24) is 9.97 Å². The summed E-state index contributed by atoms with van der Waals surface area (Å²) in [5.41, 5.74) is 1.21. The predicted octanol–water partition coefficient (Wildman–Crippen LogP) is 3.94. The first-order valence-corrected chi connectivity index (χ1v) is 8.40. The van der Waals surface area contributed by atoms with Crippen LogP contribution in [0.1, 0.15) is 16.3 Å². The standard InChI is InChI=1S/C20H19FN4O3/c1-12-22-16(11-19(23-12)24-14-6-4-5-13(21)9-14)20(26)25-15-7-8-17(27-2)18(10-15)28-3/h4-11H,1-3H3,(H,25,26)(H,22,23,24). The van der Waals surface area contributed by atoms with Gasteiger partial charge in [0.1, 0.15) is 23.2 Å². The molecule has 0 aliphatic carbocycles. The highest BCUT2D eigenvalue weighted by molar-refractivity contribution is 6.03. The normalized spacial score (nSPS) is 10.3. The fraction of sp³-hybridized carbons (Fsp3) is 0.150. The summed E-state index contributed by atoms with van der Waals surface area (Å²) in [5.74, 6) is 1.05. The van der Waals surface area contributed by atoms with E-state index in [2.05, 4.69) is 20.6 Å². The number of anilines is 3. The SMILES string of the molecule is COc1ccc(NC(=O)c2cc(Nc3cccc(F)c3)nc(C)n2)cc1OC. The Morgan fingerprint density at radius 1 is 0.964 bits per heavy atom. The maximum Gasteiger partial charge on any atom is 0.274 e. The number of carbonyl (C=O) groups is 1. The van der Waals surface area contributed by atoms with Crippen LogP contribution in [0.5, 0.6) is 11.5 Å². The van der Waals surface area contributed by atoms with Gasteiger partial charge in [-0.3, -0.25) is 4.79 Å². The highest BCUT2D eigenvalue weighted by atomic mass is 19.1. The Morgan fingerprint density at radius 3 is 2.46 bits per heavy atom. The molecule has 1 aromatic heterocycles. The molecule has 144 valence electrons. The number of nitrogens with one attached hydrogen (secondary N) is 2. The van der Waals surface area contributed by atoms with Crippen LogP contribution in [0.4, 0.5) is 21.6 Å². The molecule has 0 atom stereocenters. The lowest BCUT2D eigenvalue weighted by molar-refractivity contribution is 0.102. The number of aromatic nitrogens is 2. The van der Waals surface area contributed by atoms with Gasteiger partial charge >= 0.3 is 0 Å². The monoisotopic (exact) mass is 382 g/mol. The van der Waals surface area contributed by atoms with Gasteiger partial charge in [-0.2, -0.15) is 0 Å². The zero-order valence-electron chi connectivity index (χ0n) is 15.6. The fourth-order valence-electron chi connectivity index (χ4n) is 2.57. The molecule has 0 fully saturated rings. The number of ether oxygens (including phenoxy) is 2. The van der Waals surface area contributed by atoms with Gasteiger partial charge in [0.15, 0.2) is 11.5 Å². The van der Waals surface area contributed by atoms with E-state index in [-0.39, 0.29) is 11.5 Å². The van der Waals surface area contributed by atoms with Crippen molar-refractivity contribution < 1.29 is 18.7 Å². The summed E-state index contributed by atoms with van der Waals surface area (Å²) in [6.45, 7) is 1.67. The molecule has 0 aliphatic rings. The smallest absolute Gasteiger partial charge is 0.274 e. The van der Waals surface area contributed by atoms with Gasteiger partial charge in [-0.05, 0) is 37.3 Å². The van der Waals surface area contributed by atoms with Crippen molar-refractivity contribution in [2.45, 2.75) is 6.92 Å². The number of methoxy groups -OCH3 is 2. The van der Waals surface area contributed by atoms with Crippen LogP contribution in [-0.4, -0.2) is 30.1 Å². The van der Waals surface area contributed by atoms with Crippen LogP contribution in [0.2, 0.25) is 0 Å². The Balaban J connectivity index is 1.81. The molecule has 1 amide bonds. The first-order valence-electron chi connectivity index (χ1n) is 8.40. The summed E-state index contributed by atoms with van der Waals surface area (Å²) in [4.78, 5) is 21.0. The molecule has 3 rings (SSSR count). The molecule has 0 saturated heterocycles. The zero-order chi connectivity index (χ0) is 20.1. The second-order valence-electron chi connectivity index (χ2n) is 5.84. The molecule has 0 aliphatic heterocycles. The Kier molecular flexibility index (Phi) is 5.69. The maximum atomic E-state index is 13.4. The number of benzene rings is 2. The van der Waals surface area contributed by atoms with E-state index >= 15 is 0 Å². The molecule has 1 heterocycles. The summed E-state index contributed by atoms with van der Waals surface area (Å²) in [7, 11) is 3.05. The molecular weight excluding hydrogens is 363 g/mol. The summed E-state index contributed by atoms with van der Waals surface area (Å²) < 4.78 is 23.8. The Labute approximate surface area is 161 Å². The van der Waals surface area contributed by atoms with E-state index in [0.29, 0.717) is 34.5 Å². The number of rotatable bonds is 6. The summed E-state index contributed by atoms with van der Waals surface area (Å²) >= 11 is 0. The van der Waals surface area contributed by atoms with Crippen LogP contribution in [-0.2, 0) is 0 Å². The summed E-state index contributed by atoms with van der Waals surface area (Å²) in [5, 5.41) is 5.73. The van der Waals surface area contributed by atoms with Crippen molar-refractivity contribution in [3.8, 4) is 11.5 Å². The molecule has 0 bridgehead atoms. The largest absolute Gasteiger partial charge is 0.493 e. The van der Waals surface area contributed by atoms with Gasteiger partial charge in [0.2, 0.25) is 0 Å². The minimum Gasteiger partial charge on any atom is -0.493 e. The minimum atomic E-state index is -0.417. The lowest BCUT2D eigenvalue weighted by Crippen LogP contribution is -2.15. The first kappa shape index (κ1) is 19.1. The fourth-order valence-corrected chi connectivity index (χ4v) is 2.57. The Morgan fingerprint density at radius 2 is 1.75 bits per heavy atom. The number of carbonyl (C=O) groups excluding carboxylic acids is 1. The van der Waals surface area contributed by atoms with Gasteiger partial charge < -0.3 is 20.1 Å².